The van der Waals surface area contributed by atoms with Gasteiger partial charge in [-0.1, -0.05) is 24.3 Å². The average Bonchev–Trinajstić information content (AvgIpc) is 3.26. The normalized spacial score (nSPS) is 12.4. The standard InChI is InChI=1S/C21H19N3O4S/c1-28-15-10-12-6-3-2-5-11(12)9-14(15)18(25)23-20-17(19(26)24-21(22)27)13-7-4-8-16(13)29-20/h2-3,5-6,9-10H,4,7-8H2,1H3,(H,23,25)(H3,22,24,26,27). The third-order valence-corrected chi connectivity index (χ3v) is 6.13. The minimum atomic E-state index is -0.929. The first kappa shape index (κ1) is 18.9. The molecule has 0 radical (unpaired) electrons. The number of amides is 4. The summed E-state index contributed by atoms with van der Waals surface area (Å²) in [7, 11) is 1.51. The van der Waals surface area contributed by atoms with Crippen LogP contribution < -0.4 is 21.1 Å². The lowest BCUT2D eigenvalue weighted by atomic mass is 10.1. The van der Waals surface area contributed by atoms with Gasteiger partial charge in [0.05, 0.1) is 18.2 Å². The molecule has 0 saturated carbocycles. The average molecular weight is 409 g/mol. The molecule has 0 atom stereocenters. The Bertz CT molecular complexity index is 1150. The van der Waals surface area contributed by atoms with Crippen molar-refractivity contribution in [3.8, 4) is 5.75 Å². The Kier molecular flexibility index (Phi) is 4.94. The maximum absolute atomic E-state index is 13.1. The number of anilines is 1. The smallest absolute Gasteiger partial charge is 0.319 e. The maximum atomic E-state index is 13.1. The highest BCUT2D eigenvalue weighted by molar-refractivity contribution is 7.17. The summed E-state index contributed by atoms with van der Waals surface area (Å²) >= 11 is 1.36. The third-order valence-electron chi connectivity index (χ3n) is 4.92. The number of aryl methyl sites for hydroxylation is 1. The Labute approximate surface area is 170 Å². The van der Waals surface area contributed by atoms with Gasteiger partial charge in [-0.3, -0.25) is 14.9 Å². The molecule has 1 aliphatic carbocycles. The number of primary amides is 1. The molecule has 0 unspecified atom stereocenters. The van der Waals surface area contributed by atoms with E-state index in [1.807, 2.05) is 24.3 Å². The van der Waals surface area contributed by atoms with Crippen molar-refractivity contribution in [2.45, 2.75) is 19.3 Å². The van der Waals surface area contributed by atoms with Crippen molar-refractivity contribution in [3.05, 3.63) is 58.0 Å². The van der Waals surface area contributed by atoms with Crippen LogP contribution in [0.4, 0.5) is 9.80 Å². The van der Waals surface area contributed by atoms with Crippen molar-refractivity contribution in [1.82, 2.24) is 5.32 Å². The van der Waals surface area contributed by atoms with Gasteiger partial charge >= 0.3 is 6.03 Å². The van der Waals surface area contributed by atoms with Gasteiger partial charge in [-0.05, 0) is 47.7 Å². The number of benzene rings is 2. The molecule has 3 aromatic rings. The summed E-state index contributed by atoms with van der Waals surface area (Å²) in [5, 5.41) is 7.21. The Morgan fingerprint density at radius 2 is 1.79 bits per heavy atom. The fourth-order valence-corrected chi connectivity index (χ4v) is 4.92. The van der Waals surface area contributed by atoms with Crippen LogP contribution in [0.5, 0.6) is 5.75 Å². The number of nitrogens with two attached hydrogens (primary N) is 1. The summed E-state index contributed by atoms with van der Waals surface area (Å²) in [5.74, 6) is -0.549. The van der Waals surface area contributed by atoms with Gasteiger partial charge < -0.3 is 15.8 Å². The topological polar surface area (TPSA) is 111 Å². The molecule has 8 heteroatoms. The summed E-state index contributed by atoms with van der Waals surface area (Å²) in [6.45, 7) is 0. The number of urea groups is 1. The molecule has 7 nitrogen and oxygen atoms in total. The molecule has 4 N–H and O–H groups in total. The van der Waals surface area contributed by atoms with Crippen LogP contribution in [-0.2, 0) is 12.8 Å². The zero-order chi connectivity index (χ0) is 20.5. The van der Waals surface area contributed by atoms with Crippen molar-refractivity contribution in [2.75, 3.05) is 12.4 Å². The first-order valence-electron chi connectivity index (χ1n) is 9.11. The van der Waals surface area contributed by atoms with Gasteiger partial charge in [-0.25, -0.2) is 4.79 Å². The van der Waals surface area contributed by atoms with Crippen LogP contribution in [0.25, 0.3) is 10.8 Å². The number of ether oxygens (including phenoxy) is 1. The maximum Gasteiger partial charge on any atom is 0.319 e. The van der Waals surface area contributed by atoms with Crippen LogP contribution in [0.1, 0.15) is 37.6 Å². The lowest BCUT2D eigenvalue weighted by Gasteiger charge is -2.12. The second kappa shape index (κ2) is 7.56. The van der Waals surface area contributed by atoms with Gasteiger partial charge in [0.1, 0.15) is 10.8 Å². The number of fused-ring (bicyclic) bond motifs is 2. The van der Waals surface area contributed by atoms with Gasteiger partial charge in [0.2, 0.25) is 0 Å². The number of imide groups is 1. The van der Waals surface area contributed by atoms with Crippen LogP contribution >= 0.6 is 11.3 Å². The second-order valence-electron chi connectivity index (χ2n) is 6.73. The van der Waals surface area contributed by atoms with Crippen molar-refractivity contribution in [3.63, 3.8) is 0 Å². The number of nitrogens with one attached hydrogen (secondary N) is 2. The fraction of sp³-hybridized carbons (Fsp3) is 0.190. The summed E-state index contributed by atoms with van der Waals surface area (Å²) in [6, 6.07) is 10.3. The van der Waals surface area contributed by atoms with E-state index in [9.17, 15) is 14.4 Å². The number of rotatable bonds is 4. The zero-order valence-electron chi connectivity index (χ0n) is 15.7. The number of carbonyl (C=O) groups is 3. The van der Waals surface area contributed by atoms with E-state index >= 15 is 0 Å². The van der Waals surface area contributed by atoms with E-state index in [1.165, 1.54) is 18.4 Å². The lowest BCUT2D eigenvalue weighted by Crippen LogP contribution is -2.35. The molecule has 0 bridgehead atoms. The largest absolute Gasteiger partial charge is 0.496 e. The number of thiophene rings is 1. The summed E-state index contributed by atoms with van der Waals surface area (Å²) in [6.07, 6.45) is 2.50. The van der Waals surface area contributed by atoms with Gasteiger partial charge in [0, 0.05) is 4.88 Å². The second-order valence-corrected chi connectivity index (χ2v) is 7.84. The number of methoxy groups -OCH3 is 1. The first-order valence-corrected chi connectivity index (χ1v) is 9.93. The molecule has 2 aromatic carbocycles. The fourth-order valence-electron chi connectivity index (χ4n) is 3.64. The highest BCUT2D eigenvalue weighted by Gasteiger charge is 2.28. The predicted molar refractivity (Wildman–Crippen MR) is 112 cm³/mol. The first-order chi connectivity index (χ1) is 14.0. The van der Waals surface area contributed by atoms with E-state index in [0.717, 1.165) is 40.5 Å². The molecule has 29 heavy (non-hydrogen) atoms. The van der Waals surface area contributed by atoms with Crippen LogP contribution in [0.15, 0.2) is 36.4 Å². The Morgan fingerprint density at radius 3 is 2.48 bits per heavy atom. The molecular weight excluding hydrogens is 390 g/mol. The highest BCUT2D eigenvalue weighted by Crippen LogP contribution is 2.39. The molecule has 148 valence electrons. The SMILES string of the molecule is COc1cc2ccccc2cc1C(=O)Nc1sc2c(c1C(=O)NC(N)=O)CCC2. The van der Waals surface area contributed by atoms with Crippen molar-refractivity contribution >= 4 is 45.0 Å². The van der Waals surface area contributed by atoms with Gasteiger partial charge in [-0.2, -0.15) is 0 Å². The van der Waals surface area contributed by atoms with Gasteiger partial charge in [-0.15, -0.1) is 11.3 Å². The lowest BCUT2D eigenvalue weighted by molar-refractivity contribution is 0.0966. The van der Waals surface area contributed by atoms with Crippen LogP contribution in [0.2, 0.25) is 0 Å². The minimum absolute atomic E-state index is 0.314. The molecule has 1 aromatic heterocycles. The molecule has 0 spiro atoms. The van der Waals surface area contributed by atoms with Gasteiger partial charge in [0.25, 0.3) is 11.8 Å². The van der Waals surface area contributed by atoms with Crippen LogP contribution in [0, 0.1) is 0 Å². The number of carbonyl (C=O) groups excluding carboxylic acids is 3. The summed E-state index contributed by atoms with van der Waals surface area (Å²) in [5.41, 5.74) is 6.65. The number of hydrogen-bond donors (Lipinski definition) is 3. The Morgan fingerprint density at radius 1 is 1.07 bits per heavy atom. The monoisotopic (exact) mass is 409 g/mol. The summed E-state index contributed by atoms with van der Waals surface area (Å²) < 4.78 is 5.41. The van der Waals surface area contributed by atoms with Crippen molar-refractivity contribution < 1.29 is 19.1 Å². The van der Waals surface area contributed by atoms with E-state index in [0.29, 0.717) is 21.9 Å². The van der Waals surface area contributed by atoms with Gasteiger partial charge in [0.15, 0.2) is 0 Å². The van der Waals surface area contributed by atoms with E-state index in [1.54, 1.807) is 12.1 Å². The zero-order valence-corrected chi connectivity index (χ0v) is 16.5. The van der Waals surface area contributed by atoms with E-state index in [2.05, 4.69) is 10.6 Å². The van der Waals surface area contributed by atoms with Crippen molar-refractivity contribution in [2.24, 2.45) is 5.73 Å². The molecular formula is C21H19N3O4S. The quantitative estimate of drug-likeness (QED) is 0.613. The molecule has 0 aliphatic heterocycles. The molecule has 0 fully saturated rings. The summed E-state index contributed by atoms with van der Waals surface area (Å²) in [4.78, 5) is 37.8. The van der Waals surface area contributed by atoms with E-state index < -0.39 is 11.9 Å². The molecule has 4 amide bonds. The highest BCUT2D eigenvalue weighted by atomic mass is 32.1. The third kappa shape index (κ3) is 3.54. The van der Waals surface area contributed by atoms with Crippen LogP contribution in [-0.4, -0.2) is 25.0 Å². The molecule has 4 rings (SSSR count). The molecule has 0 saturated heterocycles. The Hall–Kier alpha value is -3.39. The molecule has 1 heterocycles. The van der Waals surface area contributed by atoms with Crippen LogP contribution in [0.3, 0.4) is 0 Å². The molecule has 1 aliphatic rings. The number of hydrogen-bond acceptors (Lipinski definition) is 5. The minimum Gasteiger partial charge on any atom is -0.496 e. The predicted octanol–water partition coefficient (Wildman–Crippen LogP) is 3.46. The van der Waals surface area contributed by atoms with Crippen molar-refractivity contribution in [1.29, 1.82) is 0 Å². The van der Waals surface area contributed by atoms with E-state index in [4.69, 9.17) is 10.5 Å². The Balaban J connectivity index is 1.71. The van der Waals surface area contributed by atoms with E-state index in [-0.39, 0.29) is 5.91 Å².